The van der Waals surface area contributed by atoms with Crippen LogP contribution in [0.15, 0.2) is 24.8 Å². The molecule has 1 nitrogen and oxygen atoms in total. The fourth-order valence-electron chi connectivity index (χ4n) is 2.56. The van der Waals surface area contributed by atoms with Crippen LogP contribution in [0.4, 0.5) is 4.39 Å². The van der Waals surface area contributed by atoms with Gasteiger partial charge >= 0.3 is 0 Å². The van der Waals surface area contributed by atoms with E-state index in [2.05, 4.69) is 19.7 Å². The maximum absolute atomic E-state index is 13.3. The molecule has 1 atom stereocenters. The van der Waals surface area contributed by atoms with Crippen LogP contribution in [0.5, 0.6) is 0 Å². The molecule has 0 spiro atoms. The van der Waals surface area contributed by atoms with E-state index in [-0.39, 0.29) is 11.9 Å². The fourth-order valence-corrected chi connectivity index (χ4v) is 5.62. The largest absolute Gasteiger partial charge is 0.393 e. The van der Waals surface area contributed by atoms with Gasteiger partial charge in [0.05, 0.1) is 14.2 Å². The molecule has 2 rings (SSSR count). The summed E-state index contributed by atoms with van der Waals surface area (Å²) in [6.07, 6.45) is 0.233. The zero-order chi connectivity index (χ0) is 11.9. The summed E-state index contributed by atoms with van der Waals surface area (Å²) >= 11 is 0. The zero-order valence-corrected chi connectivity index (χ0v) is 10.8. The summed E-state index contributed by atoms with van der Waals surface area (Å²) in [4.78, 5) is 0. The van der Waals surface area contributed by atoms with E-state index in [1.807, 2.05) is 6.07 Å². The molecule has 3 heteroatoms. The van der Waals surface area contributed by atoms with Gasteiger partial charge in [-0.05, 0) is 35.7 Å². The minimum Gasteiger partial charge on any atom is -0.393 e. The lowest BCUT2D eigenvalue weighted by atomic mass is 10.0. The van der Waals surface area contributed by atoms with Gasteiger partial charge in [0.15, 0.2) is 0 Å². The van der Waals surface area contributed by atoms with Gasteiger partial charge in [0.25, 0.3) is 0 Å². The molecule has 0 radical (unpaired) electrons. The topological polar surface area (TPSA) is 20.2 Å². The highest BCUT2D eigenvalue weighted by Crippen LogP contribution is 2.28. The predicted octanol–water partition coefficient (Wildman–Crippen LogP) is 2.52. The summed E-state index contributed by atoms with van der Waals surface area (Å²) in [5, 5.41) is 11.1. The van der Waals surface area contributed by atoms with Gasteiger partial charge in [-0.25, -0.2) is 4.39 Å². The molecule has 86 valence electrons. The Balaban J connectivity index is 2.60. The predicted molar refractivity (Wildman–Crippen MR) is 68.0 cm³/mol. The van der Waals surface area contributed by atoms with Crippen LogP contribution in [0.2, 0.25) is 19.1 Å². The molecule has 1 aliphatic rings. The number of hydrogen-bond acceptors (Lipinski definition) is 1. The zero-order valence-electron chi connectivity index (χ0n) is 9.76. The summed E-state index contributed by atoms with van der Waals surface area (Å²) in [6.45, 7) is 8.40. The van der Waals surface area contributed by atoms with Gasteiger partial charge in [0, 0.05) is 0 Å². The number of benzene rings is 1. The molecular formula is C13H17FOSi. The molecule has 1 aromatic carbocycles. The fraction of sp³-hybridized carbons (Fsp3) is 0.385. The molecule has 1 aliphatic heterocycles. The monoisotopic (exact) mass is 236 g/mol. The average Bonchev–Trinajstić information content (AvgIpc) is 2.22. The third kappa shape index (κ3) is 1.97. The number of aliphatic hydroxyl groups is 1. The molecule has 0 fully saturated rings. The van der Waals surface area contributed by atoms with Crippen LogP contribution in [0.3, 0.4) is 0 Å². The molecule has 1 aromatic rings. The van der Waals surface area contributed by atoms with Crippen LogP contribution in [0.25, 0.3) is 5.57 Å². The van der Waals surface area contributed by atoms with Crippen molar-refractivity contribution in [3.05, 3.63) is 36.2 Å². The molecule has 0 bridgehead atoms. The molecule has 1 N–H and O–H groups in total. The standard InChI is InChI=1S/C13H17FOSi/c1-9-6-11(15)8-16(2,3)13-5-4-10(14)7-12(9)13/h4-5,7,11,15H,1,6,8H2,2-3H3. The Bertz CT molecular complexity index is 440. The summed E-state index contributed by atoms with van der Waals surface area (Å²) in [7, 11) is -1.67. The molecule has 1 unspecified atom stereocenters. The number of fused-ring (bicyclic) bond motifs is 1. The Morgan fingerprint density at radius 3 is 2.81 bits per heavy atom. The van der Waals surface area contributed by atoms with Crippen LogP contribution in [0.1, 0.15) is 12.0 Å². The second-order valence-electron chi connectivity index (χ2n) is 5.24. The van der Waals surface area contributed by atoms with Gasteiger partial charge < -0.3 is 5.11 Å². The first-order valence-electron chi connectivity index (χ1n) is 5.56. The summed E-state index contributed by atoms with van der Waals surface area (Å²) in [5.74, 6) is -0.221. The van der Waals surface area contributed by atoms with Crippen molar-refractivity contribution in [3.63, 3.8) is 0 Å². The Hall–Kier alpha value is -0.933. The highest BCUT2D eigenvalue weighted by Gasteiger charge is 2.33. The molecule has 0 aliphatic carbocycles. The van der Waals surface area contributed by atoms with Gasteiger partial charge in [-0.1, -0.05) is 30.9 Å². The van der Waals surface area contributed by atoms with E-state index in [9.17, 15) is 9.50 Å². The van der Waals surface area contributed by atoms with E-state index in [0.717, 1.165) is 17.2 Å². The van der Waals surface area contributed by atoms with Gasteiger partial charge in [0.1, 0.15) is 5.82 Å². The number of rotatable bonds is 0. The average molecular weight is 236 g/mol. The Kier molecular flexibility index (Phi) is 2.76. The smallest absolute Gasteiger partial charge is 0.123 e. The third-order valence-electron chi connectivity index (χ3n) is 3.32. The van der Waals surface area contributed by atoms with Gasteiger partial charge in [-0.2, -0.15) is 0 Å². The van der Waals surface area contributed by atoms with Crippen LogP contribution in [0, 0.1) is 5.82 Å². The summed E-state index contributed by atoms with van der Waals surface area (Å²) in [6, 6.07) is 5.77. The van der Waals surface area contributed by atoms with Crippen molar-refractivity contribution in [2.45, 2.75) is 31.7 Å². The van der Waals surface area contributed by atoms with Crippen molar-refractivity contribution in [3.8, 4) is 0 Å². The first kappa shape index (κ1) is 11.5. The molecule has 0 aromatic heterocycles. The van der Waals surface area contributed by atoms with Crippen molar-refractivity contribution in [1.29, 1.82) is 0 Å². The van der Waals surface area contributed by atoms with Gasteiger partial charge in [-0.3, -0.25) is 0 Å². The molecule has 0 amide bonds. The Morgan fingerprint density at radius 1 is 1.44 bits per heavy atom. The number of hydrogen-bond donors (Lipinski definition) is 1. The second kappa shape index (κ2) is 3.82. The Morgan fingerprint density at radius 2 is 2.12 bits per heavy atom. The maximum Gasteiger partial charge on any atom is 0.123 e. The number of halogens is 1. The van der Waals surface area contributed by atoms with Crippen molar-refractivity contribution >= 4 is 18.8 Å². The second-order valence-corrected chi connectivity index (χ2v) is 9.95. The summed E-state index contributed by atoms with van der Waals surface area (Å²) in [5.41, 5.74) is 1.79. The van der Waals surface area contributed by atoms with Crippen LogP contribution in [-0.4, -0.2) is 19.3 Å². The van der Waals surface area contributed by atoms with Crippen LogP contribution >= 0.6 is 0 Å². The molecule has 1 heterocycles. The van der Waals surface area contributed by atoms with Crippen LogP contribution < -0.4 is 5.19 Å². The summed E-state index contributed by atoms with van der Waals surface area (Å²) < 4.78 is 13.3. The van der Waals surface area contributed by atoms with Crippen molar-refractivity contribution in [2.24, 2.45) is 0 Å². The molecule has 16 heavy (non-hydrogen) atoms. The highest BCUT2D eigenvalue weighted by atomic mass is 28.3. The van der Waals surface area contributed by atoms with Gasteiger partial charge in [0.2, 0.25) is 0 Å². The van der Waals surface area contributed by atoms with E-state index in [1.165, 1.54) is 11.3 Å². The molecule has 0 saturated carbocycles. The van der Waals surface area contributed by atoms with E-state index in [1.54, 1.807) is 6.07 Å². The SMILES string of the molecule is C=C1CC(O)C[Si](C)(C)c2ccc(F)cc21. The van der Waals surface area contributed by atoms with E-state index < -0.39 is 8.07 Å². The van der Waals surface area contributed by atoms with Gasteiger partial charge in [-0.15, -0.1) is 0 Å². The highest BCUT2D eigenvalue weighted by molar-refractivity contribution is 6.90. The van der Waals surface area contributed by atoms with E-state index in [4.69, 9.17) is 0 Å². The minimum atomic E-state index is -1.67. The number of aliphatic hydroxyl groups excluding tert-OH is 1. The lowest BCUT2D eigenvalue weighted by molar-refractivity contribution is 0.200. The quantitative estimate of drug-likeness (QED) is 0.686. The van der Waals surface area contributed by atoms with Crippen molar-refractivity contribution in [2.75, 3.05) is 0 Å². The van der Waals surface area contributed by atoms with Crippen LogP contribution in [-0.2, 0) is 0 Å². The van der Waals surface area contributed by atoms with Crippen molar-refractivity contribution < 1.29 is 9.50 Å². The first-order valence-corrected chi connectivity index (χ1v) is 8.77. The first-order chi connectivity index (χ1) is 7.40. The van der Waals surface area contributed by atoms with E-state index >= 15 is 0 Å². The maximum atomic E-state index is 13.3. The lowest BCUT2D eigenvalue weighted by Gasteiger charge is -2.24. The minimum absolute atomic E-state index is 0.221. The third-order valence-corrected chi connectivity index (χ3v) is 6.71. The Labute approximate surface area is 96.6 Å². The van der Waals surface area contributed by atoms with Crippen molar-refractivity contribution in [1.82, 2.24) is 0 Å². The van der Waals surface area contributed by atoms with E-state index in [0.29, 0.717) is 6.42 Å². The normalized spacial score (nSPS) is 23.8. The lowest BCUT2D eigenvalue weighted by Crippen LogP contribution is -2.44. The molecule has 0 saturated heterocycles. The molecular weight excluding hydrogens is 219 g/mol.